The molecule has 1 atom stereocenters. The maximum Gasteiger partial charge on any atom is 0.264 e. The van der Waals surface area contributed by atoms with E-state index in [4.69, 9.17) is 23.2 Å². The van der Waals surface area contributed by atoms with Crippen LogP contribution in [0.25, 0.3) is 0 Å². The van der Waals surface area contributed by atoms with Gasteiger partial charge in [0.2, 0.25) is 11.8 Å². The summed E-state index contributed by atoms with van der Waals surface area (Å²) in [4.78, 5) is 28.4. The highest BCUT2D eigenvalue weighted by Crippen LogP contribution is 2.31. The van der Waals surface area contributed by atoms with Gasteiger partial charge in [-0.15, -0.1) is 0 Å². The van der Waals surface area contributed by atoms with Crippen molar-refractivity contribution in [1.29, 1.82) is 0 Å². The second-order valence-corrected chi connectivity index (χ2v) is 12.0. The molecule has 0 radical (unpaired) electrons. The number of hydrogen-bond acceptors (Lipinski definition) is 4. The van der Waals surface area contributed by atoms with Crippen molar-refractivity contribution in [3.63, 3.8) is 0 Å². The van der Waals surface area contributed by atoms with Crippen molar-refractivity contribution >= 4 is 50.7 Å². The van der Waals surface area contributed by atoms with Gasteiger partial charge in [-0.05, 0) is 67.8 Å². The zero-order valence-corrected chi connectivity index (χ0v) is 24.9. The fourth-order valence-corrected chi connectivity index (χ4v) is 5.78. The lowest BCUT2D eigenvalue weighted by Gasteiger charge is -2.33. The molecule has 0 aliphatic rings. The van der Waals surface area contributed by atoms with Gasteiger partial charge in [0.05, 0.1) is 20.6 Å². The first-order valence-electron chi connectivity index (χ1n) is 12.8. The lowest BCUT2D eigenvalue weighted by molar-refractivity contribution is -0.140. The third-order valence-electron chi connectivity index (χ3n) is 6.28. The SMILES string of the molecule is CCCNC(=O)C(CC)N(Cc1ccc(F)cc1)C(=O)CN(c1ccc(Cl)c(Cl)c1)S(=O)(=O)c1ccc(C)cc1. The van der Waals surface area contributed by atoms with Gasteiger partial charge >= 0.3 is 0 Å². The first-order valence-corrected chi connectivity index (χ1v) is 15.0. The number of hydrogen-bond donors (Lipinski definition) is 1. The molecule has 0 aromatic heterocycles. The summed E-state index contributed by atoms with van der Waals surface area (Å²) in [5.41, 5.74) is 1.58. The fourth-order valence-electron chi connectivity index (χ4n) is 4.08. The molecule has 0 fully saturated rings. The summed E-state index contributed by atoms with van der Waals surface area (Å²) in [7, 11) is -4.24. The number of halogens is 3. The normalized spacial score (nSPS) is 12.1. The van der Waals surface area contributed by atoms with Crippen LogP contribution >= 0.6 is 23.2 Å². The van der Waals surface area contributed by atoms with E-state index in [-0.39, 0.29) is 39.5 Å². The van der Waals surface area contributed by atoms with Crippen LogP contribution in [0.4, 0.5) is 10.1 Å². The Morgan fingerprint density at radius 2 is 1.60 bits per heavy atom. The van der Waals surface area contributed by atoms with Crippen LogP contribution in [0.5, 0.6) is 0 Å². The molecule has 0 aliphatic heterocycles. The second kappa shape index (κ2) is 14.0. The van der Waals surface area contributed by atoms with Crippen molar-refractivity contribution in [2.24, 2.45) is 0 Å². The van der Waals surface area contributed by atoms with Gasteiger partial charge in [-0.1, -0.05) is 66.9 Å². The smallest absolute Gasteiger partial charge is 0.264 e. The molecule has 0 saturated heterocycles. The molecule has 3 aromatic carbocycles. The molecule has 3 rings (SSSR count). The number of rotatable bonds is 12. The van der Waals surface area contributed by atoms with E-state index in [0.29, 0.717) is 18.5 Å². The third kappa shape index (κ3) is 7.74. The second-order valence-electron chi connectivity index (χ2n) is 9.29. The zero-order chi connectivity index (χ0) is 29.4. The number of benzene rings is 3. The molecule has 40 heavy (non-hydrogen) atoms. The molecule has 7 nitrogen and oxygen atoms in total. The minimum absolute atomic E-state index is 0.0187. The molecule has 1 N–H and O–H groups in total. The molecule has 0 heterocycles. The molecule has 214 valence electrons. The molecular weight excluding hydrogens is 576 g/mol. The molecule has 0 spiro atoms. The van der Waals surface area contributed by atoms with E-state index in [1.165, 1.54) is 59.5 Å². The molecule has 0 saturated carbocycles. The predicted molar refractivity (Wildman–Crippen MR) is 157 cm³/mol. The van der Waals surface area contributed by atoms with Crippen LogP contribution in [0, 0.1) is 12.7 Å². The van der Waals surface area contributed by atoms with E-state index < -0.39 is 34.3 Å². The van der Waals surface area contributed by atoms with E-state index in [1.54, 1.807) is 19.1 Å². The number of anilines is 1. The molecule has 0 aliphatic carbocycles. The summed E-state index contributed by atoms with van der Waals surface area (Å²) in [5, 5.41) is 3.16. The summed E-state index contributed by atoms with van der Waals surface area (Å²) in [5.74, 6) is -1.42. The molecular formula is C29H32Cl2FN3O4S. The Kier molecular flexibility index (Phi) is 11.0. The highest BCUT2D eigenvalue weighted by Gasteiger charge is 2.33. The average Bonchev–Trinajstić information content (AvgIpc) is 2.93. The Labute approximate surface area is 244 Å². The van der Waals surface area contributed by atoms with Gasteiger partial charge in [0.25, 0.3) is 10.0 Å². The number of aryl methyl sites for hydroxylation is 1. The fraction of sp³-hybridized carbons (Fsp3) is 0.310. The lowest BCUT2D eigenvalue weighted by Crippen LogP contribution is -2.52. The Balaban J connectivity index is 2.07. The minimum atomic E-state index is -4.24. The maximum absolute atomic E-state index is 14.0. The molecule has 11 heteroatoms. The van der Waals surface area contributed by atoms with Gasteiger partial charge in [0.1, 0.15) is 18.4 Å². The molecule has 0 bridgehead atoms. The number of sulfonamides is 1. The lowest BCUT2D eigenvalue weighted by atomic mass is 10.1. The van der Waals surface area contributed by atoms with Gasteiger partial charge in [0.15, 0.2) is 0 Å². The highest BCUT2D eigenvalue weighted by molar-refractivity contribution is 7.92. The topological polar surface area (TPSA) is 86.8 Å². The Morgan fingerprint density at radius 1 is 0.950 bits per heavy atom. The average molecular weight is 609 g/mol. The van der Waals surface area contributed by atoms with Crippen molar-refractivity contribution in [2.45, 2.75) is 51.1 Å². The van der Waals surface area contributed by atoms with Crippen LogP contribution in [-0.4, -0.2) is 44.3 Å². The van der Waals surface area contributed by atoms with Crippen LogP contribution in [0.3, 0.4) is 0 Å². The number of carbonyl (C=O) groups is 2. The predicted octanol–water partition coefficient (Wildman–Crippen LogP) is 5.97. The maximum atomic E-state index is 14.0. The van der Waals surface area contributed by atoms with Crippen molar-refractivity contribution < 1.29 is 22.4 Å². The number of carbonyl (C=O) groups excluding carboxylic acids is 2. The first-order chi connectivity index (χ1) is 19.0. The highest BCUT2D eigenvalue weighted by atomic mass is 35.5. The van der Waals surface area contributed by atoms with Crippen molar-refractivity contribution in [3.8, 4) is 0 Å². The van der Waals surface area contributed by atoms with Crippen LogP contribution in [0.2, 0.25) is 10.0 Å². The largest absolute Gasteiger partial charge is 0.354 e. The van der Waals surface area contributed by atoms with E-state index >= 15 is 0 Å². The quantitative estimate of drug-likeness (QED) is 0.275. The summed E-state index contributed by atoms with van der Waals surface area (Å²) in [6, 6.07) is 15.2. The Morgan fingerprint density at radius 3 is 2.17 bits per heavy atom. The van der Waals surface area contributed by atoms with Gasteiger partial charge in [0, 0.05) is 13.1 Å². The van der Waals surface area contributed by atoms with Crippen LogP contribution in [0.1, 0.15) is 37.8 Å². The molecule has 3 aromatic rings. The van der Waals surface area contributed by atoms with Crippen molar-refractivity contribution in [3.05, 3.63) is 93.7 Å². The van der Waals surface area contributed by atoms with Gasteiger partial charge in [-0.2, -0.15) is 0 Å². The van der Waals surface area contributed by atoms with Crippen molar-refractivity contribution in [1.82, 2.24) is 10.2 Å². The zero-order valence-electron chi connectivity index (χ0n) is 22.5. The van der Waals surface area contributed by atoms with Crippen LogP contribution < -0.4 is 9.62 Å². The van der Waals surface area contributed by atoms with Crippen LogP contribution in [-0.2, 0) is 26.2 Å². The summed E-state index contributed by atoms with van der Waals surface area (Å²) in [6.07, 6.45) is 0.980. The molecule has 2 amide bonds. The van der Waals surface area contributed by atoms with Gasteiger partial charge in [-0.3, -0.25) is 13.9 Å². The summed E-state index contributed by atoms with van der Waals surface area (Å²) >= 11 is 12.3. The van der Waals surface area contributed by atoms with E-state index in [9.17, 15) is 22.4 Å². The van der Waals surface area contributed by atoms with Gasteiger partial charge in [-0.25, -0.2) is 12.8 Å². The Hall–Kier alpha value is -3.14. The van der Waals surface area contributed by atoms with Crippen LogP contribution in [0.15, 0.2) is 71.6 Å². The summed E-state index contributed by atoms with van der Waals surface area (Å²) < 4.78 is 42.3. The van der Waals surface area contributed by atoms with E-state index in [2.05, 4.69) is 5.32 Å². The monoisotopic (exact) mass is 607 g/mol. The minimum Gasteiger partial charge on any atom is -0.354 e. The van der Waals surface area contributed by atoms with Gasteiger partial charge < -0.3 is 10.2 Å². The third-order valence-corrected chi connectivity index (χ3v) is 8.81. The Bertz CT molecular complexity index is 1430. The van der Waals surface area contributed by atoms with E-state index in [0.717, 1.165) is 9.87 Å². The number of amides is 2. The molecule has 1 unspecified atom stereocenters. The number of nitrogens with zero attached hydrogens (tertiary/aromatic N) is 2. The summed E-state index contributed by atoms with van der Waals surface area (Å²) in [6.45, 7) is 5.28. The van der Waals surface area contributed by atoms with Crippen molar-refractivity contribution in [2.75, 3.05) is 17.4 Å². The standard InChI is InChI=1S/C29H32Cl2FN3O4S/c1-4-16-33-29(37)27(5-2)34(18-21-8-10-22(32)11-9-21)28(36)19-35(23-12-15-25(30)26(31)17-23)40(38,39)24-13-6-20(3)7-14-24/h6-15,17,27H,4-5,16,18-19H2,1-3H3,(H,33,37). The van der Waals surface area contributed by atoms with E-state index in [1.807, 2.05) is 13.8 Å². The number of nitrogens with one attached hydrogen (secondary N) is 1. The first kappa shape index (κ1) is 31.4.